The SMILES string of the molecule is CCc1c(C)c2n(CC(=O)NCC(N)=O)c1C=c1[nH]c(c(CC)c1C)=Cc1[nH]c(c(CCC(=O)O)c1C)C=c1[nH]c(c(C)c1CCC(=O)O)=C2. The topological polar surface area (TPSA) is 199 Å². The second-order valence-corrected chi connectivity index (χ2v) is 12.9. The molecule has 0 unspecified atom stereocenters. The molecule has 0 aromatic carbocycles. The number of H-pyrrole nitrogens is 3. The highest BCUT2D eigenvalue weighted by atomic mass is 16.4. The Morgan fingerprint density at radius 3 is 1.78 bits per heavy atom. The molecule has 5 heterocycles. The van der Waals surface area contributed by atoms with Crippen molar-refractivity contribution in [1.29, 1.82) is 0 Å². The van der Waals surface area contributed by atoms with E-state index in [4.69, 9.17) is 5.73 Å². The Labute approximate surface area is 289 Å². The van der Waals surface area contributed by atoms with Gasteiger partial charge in [-0.05, 0) is 122 Å². The molecule has 4 aromatic heterocycles. The summed E-state index contributed by atoms with van der Waals surface area (Å²) in [6.45, 7) is 11.9. The van der Waals surface area contributed by atoms with Crippen LogP contribution in [0.1, 0.15) is 94.0 Å². The van der Waals surface area contributed by atoms with E-state index in [0.29, 0.717) is 12.8 Å². The molecule has 264 valence electrons. The number of carbonyl (C=O) groups is 4. The van der Waals surface area contributed by atoms with E-state index in [-0.39, 0.29) is 38.3 Å². The van der Waals surface area contributed by atoms with Gasteiger partial charge < -0.3 is 40.8 Å². The van der Waals surface area contributed by atoms with Crippen molar-refractivity contribution in [3.05, 3.63) is 88.7 Å². The van der Waals surface area contributed by atoms with Gasteiger partial charge in [-0.25, -0.2) is 0 Å². The molecular weight excluding hydrogens is 636 g/mol. The number of amides is 2. The first-order valence-electron chi connectivity index (χ1n) is 17.0. The lowest BCUT2D eigenvalue weighted by Gasteiger charge is -2.11. The maximum absolute atomic E-state index is 13.3. The fourth-order valence-corrected chi connectivity index (χ4v) is 7.16. The molecule has 0 saturated heterocycles. The first kappa shape index (κ1) is 35.8. The summed E-state index contributed by atoms with van der Waals surface area (Å²) >= 11 is 0. The van der Waals surface area contributed by atoms with Gasteiger partial charge in [0.05, 0.1) is 6.54 Å². The monoisotopic (exact) mass is 682 g/mol. The number of aliphatic carboxylic acids is 2. The fourth-order valence-electron chi connectivity index (χ4n) is 7.16. The van der Waals surface area contributed by atoms with Gasteiger partial charge in [0, 0.05) is 57.0 Å². The summed E-state index contributed by atoms with van der Waals surface area (Å²) in [6.07, 6.45) is 10.0. The molecular formula is C38H46N6O6. The lowest BCUT2D eigenvalue weighted by molar-refractivity contribution is -0.138. The summed E-state index contributed by atoms with van der Waals surface area (Å²) in [5, 5.41) is 25.1. The molecule has 12 heteroatoms. The van der Waals surface area contributed by atoms with Crippen molar-refractivity contribution in [3.63, 3.8) is 0 Å². The number of aromatic amines is 3. The van der Waals surface area contributed by atoms with Gasteiger partial charge in [-0.2, -0.15) is 0 Å². The van der Waals surface area contributed by atoms with Crippen molar-refractivity contribution in [2.24, 2.45) is 5.73 Å². The molecule has 12 nitrogen and oxygen atoms in total. The smallest absolute Gasteiger partial charge is 0.303 e. The van der Waals surface area contributed by atoms with E-state index in [2.05, 4.69) is 53.2 Å². The van der Waals surface area contributed by atoms with Crippen LogP contribution in [0.4, 0.5) is 0 Å². The minimum absolute atomic E-state index is 0.0420. The number of carbonyl (C=O) groups excluding carboxylic acids is 2. The molecule has 1 aliphatic rings. The molecule has 0 radical (unpaired) electrons. The summed E-state index contributed by atoms with van der Waals surface area (Å²) < 4.78 is 1.96. The van der Waals surface area contributed by atoms with Gasteiger partial charge >= 0.3 is 11.9 Å². The second-order valence-electron chi connectivity index (χ2n) is 12.9. The van der Waals surface area contributed by atoms with Crippen LogP contribution in [0.15, 0.2) is 0 Å². The maximum atomic E-state index is 13.3. The van der Waals surface area contributed by atoms with Crippen LogP contribution in [0, 0.1) is 27.7 Å². The van der Waals surface area contributed by atoms with E-state index in [9.17, 15) is 29.4 Å². The number of nitrogens with two attached hydrogens (primary N) is 1. The number of hydrogen-bond acceptors (Lipinski definition) is 4. The van der Waals surface area contributed by atoms with Crippen molar-refractivity contribution in [2.45, 2.75) is 86.6 Å². The Balaban J connectivity index is 1.93. The molecule has 5 rings (SSSR count). The maximum Gasteiger partial charge on any atom is 0.303 e. The van der Waals surface area contributed by atoms with E-state index < -0.39 is 17.8 Å². The zero-order valence-corrected chi connectivity index (χ0v) is 29.5. The average molecular weight is 683 g/mol. The number of rotatable bonds is 12. The number of primary amides is 1. The van der Waals surface area contributed by atoms with Gasteiger partial charge in [0.2, 0.25) is 11.8 Å². The Hall–Kier alpha value is -5.52. The zero-order valence-electron chi connectivity index (χ0n) is 29.5. The number of nitrogens with one attached hydrogen (secondary N) is 4. The Morgan fingerprint density at radius 1 is 0.660 bits per heavy atom. The van der Waals surface area contributed by atoms with Gasteiger partial charge in [0.15, 0.2) is 0 Å². The first-order chi connectivity index (χ1) is 23.7. The standard InChI is InChI=1S/C38H46N6O6/c1-7-23-19(3)29-16-34-24(8-2)22(6)33(44(34)18-36(46)40-17-35(39)45)15-28-21(5)26(10-12-38(49)50)32(43-28)14-31-25(9-11-37(47)48)20(4)27(41-31)13-30(23)42-29/h13-16,41-43H,7-12,17-18H2,1-6H3,(H2,39,45)(H,40,46)(H,47,48)(H,49,50). The number of carboxylic acid groups (broad SMARTS) is 2. The lowest BCUT2D eigenvalue weighted by Crippen LogP contribution is -2.35. The highest BCUT2D eigenvalue weighted by Crippen LogP contribution is 2.26. The van der Waals surface area contributed by atoms with Crippen molar-refractivity contribution in [3.8, 4) is 0 Å². The third kappa shape index (κ3) is 7.10. The summed E-state index contributed by atoms with van der Waals surface area (Å²) in [5.74, 6) is -2.81. The number of hydrogen-bond donors (Lipinski definition) is 7. The van der Waals surface area contributed by atoms with Crippen LogP contribution >= 0.6 is 0 Å². The Kier molecular flexibility index (Phi) is 10.4. The van der Waals surface area contributed by atoms with Crippen molar-refractivity contribution in [2.75, 3.05) is 6.54 Å². The van der Waals surface area contributed by atoms with Crippen LogP contribution < -0.4 is 32.4 Å². The molecule has 2 amide bonds. The van der Waals surface area contributed by atoms with Crippen LogP contribution in [0.25, 0.3) is 24.3 Å². The molecule has 8 N–H and O–H groups in total. The van der Waals surface area contributed by atoms with Crippen LogP contribution in [0.5, 0.6) is 0 Å². The predicted molar refractivity (Wildman–Crippen MR) is 191 cm³/mol. The number of fused-ring (bicyclic) bond motifs is 8. The highest BCUT2D eigenvalue weighted by Gasteiger charge is 2.21. The van der Waals surface area contributed by atoms with Crippen LogP contribution in [-0.4, -0.2) is 60.0 Å². The van der Waals surface area contributed by atoms with E-state index in [0.717, 1.165) is 95.1 Å². The minimum atomic E-state index is -0.915. The van der Waals surface area contributed by atoms with Gasteiger partial charge in [-0.1, -0.05) is 13.8 Å². The summed E-state index contributed by atoms with van der Waals surface area (Å²) in [6, 6.07) is 0. The molecule has 0 spiro atoms. The number of carboxylic acids is 2. The summed E-state index contributed by atoms with van der Waals surface area (Å²) in [7, 11) is 0. The Morgan fingerprint density at radius 2 is 1.20 bits per heavy atom. The van der Waals surface area contributed by atoms with E-state index in [1.54, 1.807) is 0 Å². The van der Waals surface area contributed by atoms with Crippen LogP contribution in [-0.2, 0) is 51.4 Å². The molecule has 0 fully saturated rings. The predicted octanol–water partition coefficient (Wildman–Crippen LogP) is 1.10. The third-order valence-corrected chi connectivity index (χ3v) is 9.87. The van der Waals surface area contributed by atoms with Crippen LogP contribution in [0.2, 0.25) is 0 Å². The van der Waals surface area contributed by atoms with E-state index in [1.165, 1.54) is 0 Å². The summed E-state index contributed by atoms with van der Waals surface area (Å²) in [5.41, 5.74) is 16.3. The van der Waals surface area contributed by atoms with Gasteiger partial charge in [0.1, 0.15) is 6.54 Å². The molecule has 0 atom stereocenters. The Bertz CT molecular complexity index is 2280. The van der Waals surface area contributed by atoms with Crippen LogP contribution in [0.3, 0.4) is 0 Å². The minimum Gasteiger partial charge on any atom is -0.481 e. The van der Waals surface area contributed by atoms with Crippen molar-refractivity contribution < 1.29 is 29.4 Å². The van der Waals surface area contributed by atoms with E-state index >= 15 is 0 Å². The molecule has 1 aliphatic heterocycles. The first-order valence-corrected chi connectivity index (χ1v) is 17.0. The molecule has 0 saturated carbocycles. The zero-order chi connectivity index (χ0) is 36.4. The lowest BCUT2D eigenvalue weighted by atomic mass is 10.0. The quantitative estimate of drug-likeness (QED) is 0.103. The highest BCUT2D eigenvalue weighted by molar-refractivity contribution is 5.84. The number of nitrogens with zero attached hydrogens (tertiary/aromatic N) is 1. The van der Waals surface area contributed by atoms with Gasteiger partial charge in [0.25, 0.3) is 0 Å². The number of aromatic nitrogens is 4. The molecule has 50 heavy (non-hydrogen) atoms. The third-order valence-electron chi connectivity index (χ3n) is 9.87. The van der Waals surface area contributed by atoms with Crippen molar-refractivity contribution >= 4 is 48.1 Å². The largest absolute Gasteiger partial charge is 0.481 e. The van der Waals surface area contributed by atoms with E-state index in [1.807, 2.05) is 37.5 Å². The average Bonchev–Trinajstić information content (AvgIpc) is 3.69. The normalized spacial score (nSPS) is 12.0. The fraction of sp³-hybridized carbons (Fsp3) is 0.368. The van der Waals surface area contributed by atoms with Crippen molar-refractivity contribution in [1.82, 2.24) is 24.8 Å². The molecule has 8 bridgehead atoms. The molecule has 4 aromatic rings. The summed E-state index contributed by atoms with van der Waals surface area (Å²) in [4.78, 5) is 58.9. The second kappa shape index (κ2) is 14.5. The molecule has 0 aliphatic carbocycles. The van der Waals surface area contributed by atoms with Gasteiger partial charge in [-0.3, -0.25) is 19.2 Å². The van der Waals surface area contributed by atoms with Gasteiger partial charge in [-0.15, -0.1) is 0 Å².